The normalized spacial score (nSPS) is 14.5. The number of fused-ring (bicyclic) bond motifs is 1. The predicted molar refractivity (Wildman–Crippen MR) is 197 cm³/mol. The number of anilines is 1. The third kappa shape index (κ3) is 18.9. The number of hydrogen-bond acceptors (Lipinski definition) is 12. The van der Waals surface area contributed by atoms with Crippen molar-refractivity contribution in [1.29, 1.82) is 0 Å². The van der Waals surface area contributed by atoms with Gasteiger partial charge in [-0.3, -0.25) is 9.09 Å². The van der Waals surface area contributed by atoms with Crippen LogP contribution in [0.4, 0.5) is 10.6 Å². The van der Waals surface area contributed by atoms with Crippen LogP contribution in [-0.4, -0.2) is 68.6 Å². The fraction of sp³-hybridized carbons (Fsp3) is 0.818. The fourth-order valence-corrected chi connectivity index (χ4v) is 7.88. The Hall–Kier alpha value is -1.70. The lowest BCUT2D eigenvalue weighted by Crippen LogP contribution is -2.25. The number of ether oxygens (including phenoxy) is 3. The third-order valence-corrected chi connectivity index (χ3v) is 11.4. The molecule has 2 aromatic heterocycles. The van der Waals surface area contributed by atoms with E-state index in [1.54, 1.807) is 31.7 Å². The SMILES string of the molecule is CCCCCCCCCCCCCCCCS(=S)CCOP(=O)(CO[C@H](C)Cn1cnc2c(N)ncnc21)OCOC(=O)OC(C)(C)C. The van der Waals surface area contributed by atoms with Crippen molar-refractivity contribution < 1.29 is 32.6 Å². The van der Waals surface area contributed by atoms with Gasteiger partial charge in [0.2, 0.25) is 6.79 Å². The molecule has 12 nitrogen and oxygen atoms in total. The first-order valence-electron chi connectivity index (χ1n) is 17.5. The topological polar surface area (TPSA) is 150 Å². The second-order valence-corrected chi connectivity index (χ2v) is 18.3. The van der Waals surface area contributed by atoms with Crippen molar-refractivity contribution >= 4 is 51.4 Å². The Labute approximate surface area is 295 Å². The summed E-state index contributed by atoms with van der Waals surface area (Å²) in [6, 6.07) is 0. The van der Waals surface area contributed by atoms with E-state index in [1.807, 2.05) is 6.92 Å². The van der Waals surface area contributed by atoms with E-state index < -0.39 is 32.2 Å². The molecule has 48 heavy (non-hydrogen) atoms. The molecule has 2 heterocycles. The van der Waals surface area contributed by atoms with Gasteiger partial charge < -0.3 is 29.0 Å². The van der Waals surface area contributed by atoms with Gasteiger partial charge in [-0.15, -0.1) is 9.45 Å². The molecule has 0 radical (unpaired) electrons. The summed E-state index contributed by atoms with van der Waals surface area (Å²) in [5.74, 6) is 1.80. The van der Waals surface area contributed by atoms with Crippen LogP contribution in [0.15, 0.2) is 12.7 Å². The minimum Gasteiger partial charge on any atom is -0.429 e. The standard InChI is InChI=1S/C33H60N5O7PS2/c1-6-7-8-9-10-11-12-13-14-15-16-17-18-19-21-48(47)22-20-43-46(40,44-26-41-32(39)45-33(3,4)5)27-42-28(2)23-38-25-37-29-30(34)35-24-36-31(29)38/h24-25,28H,6-23,26-27H2,1-5H3,(H2,34,35,36)/t28-,46?,48?/m1/s1. The summed E-state index contributed by atoms with van der Waals surface area (Å²) < 4.78 is 42.6. The lowest BCUT2D eigenvalue weighted by molar-refractivity contribution is -0.0414. The third-order valence-electron chi connectivity index (χ3n) is 7.54. The lowest BCUT2D eigenvalue weighted by atomic mass is 10.0. The molecular weight excluding hydrogens is 673 g/mol. The van der Waals surface area contributed by atoms with Crippen molar-refractivity contribution in [2.24, 2.45) is 0 Å². The molecule has 3 atom stereocenters. The van der Waals surface area contributed by atoms with E-state index in [4.69, 9.17) is 40.2 Å². The van der Waals surface area contributed by atoms with Crippen LogP contribution in [0, 0.1) is 0 Å². The zero-order chi connectivity index (χ0) is 35.3. The first-order valence-corrected chi connectivity index (χ1v) is 21.8. The van der Waals surface area contributed by atoms with Crippen LogP contribution in [0.5, 0.6) is 0 Å². The lowest BCUT2D eigenvalue weighted by Gasteiger charge is -2.22. The van der Waals surface area contributed by atoms with Gasteiger partial charge in [0.15, 0.2) is 11.5 Å². The number of rotatable bonds is 27. The first-order chi connectivity index (χ1) is 22.9. The summed E-state index contributed by atoms with van der Waals surface area (Å²) in [4.78, 5) is 24.4. The first kappa shape index (κ1) is 42.5. The van der Waals surface area contributed by atoms with Crippen molar-refractivity contribution in [3.8, 4) is 0 Å². The second kappa shape index (κ2) is 23.7. The highest BCUT2D eigenvalue weighted by molar-refractivity contribution is 8.28. The van der Waals surface area contributed by atoms with E-state index in [-0.39, 0.29) is 28.2 Å². The number of hydrogen-bond donors (Lipinski definition) is 1. The highest BCUT2D eigenvalue weighted by Crippen LogP contribution is 2.48. The number of aromatic nitrogens is 4. The molecule has 0 aliphatic carbocycles. The minimum absolute atomic E-state index is 0.148. The summed E-state index contributed by atoms with van der Waals surface area (Å²) in [6.45, 7) is 9.12. The number of imidazole rings is 1. The molecule has 0 aromatic carbocycles. The number of nitrogen functional groups attached to an aromatic ring is 1. The number of carbonyl (C=O) groups is 1. The molecule has 0 aliphatic heterocycles. The molecule has 2 aromatic rings. The molecule has 0 spiro atoms. The van der Waals surface area contributed by atoms with Crippen molar-refractivity contribution in [2.45, 2.75) is 143 Å². The van der Waals surface area contributed by atoms with Crippen LogP contribution >= 0.6 is 7.60 Å². The van der Waals surface area contributed by atoms with Crippen molar-refractivity contribution in [1.82, 2.24) is 19.5 Å². The summed E-state index contributed by atoms with van der Waals surface area (Å²) in [5.41, 5.74) is 6.21. The second-order valence-electron chi connectivity index (χ2n) is 13.2. The zero-order valence-corrected chi connectivity index (χ0v) is 32.4. The van der Waals surface area contributed by atoms with Crippen LogP contribution in [0.1, 0.15) is 125 Å². The van der Waals surface area contributed by atoms with E-state index in [0.717, 1.165) is 12.2 Å². The van der Waals surface area contributed by atoms with Crippen LogP contribution in [0.3, 0.4) is 0 Å². The predicted octanol–water partition coefficient (Wildman–Crippen LogP) is 8.47. The van der Waals surface area contributed by atoms with E-state index >= 15 is 0 Å². The minimum atomic E-state index is -3.81. The average Bonchev–Trinajstić information content (AvgIpc) is 3.43. The highest BCUT2D eigenvalue weighted by atomic mass is 32.8. The van der Waals surface area contributed by atoms with E-state index in [2.05, 4.69) is 21.9 Å². The largest absolute Gasteiger partial charge is 0.510 e. The number of nitrogens with zero attached hydrogens (tertiary/aromatic N) is 4. The Kier molecular flexibility index (Phi) is 20.9. The van der Waals surface area contributed by atoms with Crippen molar-refractivity contribution in [2.75, 3.05) is 37.0 Å². The Morgan fingerprint density at radius 1 is 0.938 bits per heavy atom. The van der Waals surface area contributed by atoms with Gasteiger partial charge in [-0.05, 0) is 39.9 Å². The average molecular weight is 734 g/mol. The fourth-order valence-electron chi connectivity index (χ4n) is 4.96. The molecule has 0 aliphatic rings. The van der Waals surface area contributed by atoms with Crippen LogP contribution in [-0.2, 0) is 55.0 Å². The number of nitrogens with two attached hydrogens (primary N) is 1. The maximum absolute atomic E-state index is 13.6. The Morgan fingerprint density at radius 3 is 2.15 bits per heavy atom. The molecule has 0 bridgehead atoms. The summed E-state index contributed by atoms with van der Waals surface area (Å²) in [5, 5.41) is 0. The maximum Gasteiger partial charge on any atom is 0.510 e. The quantitative estimate of drug-likeness (QED) is 0.0406. The van der Waals surface area contributed by atoms with E-state index in [9.17, 15) is 9.36 Å². The zero-order valence-electron chi connectivity index (χ0n) is 29.9. The molecule has 0 saturated carbocycles. The molecule has 2 rings (SSSR count). The van der Waals surface area contributed by atoms with Crippen molar-refractivity contribution in [3.05, 3.63) is 12.7 Å². The highest BCUT2D eigenvalue weighted by Gasteiger charge is 2.28. The van der Waals surface area contributed by atoms with Gasteiger partial charge in [0.25, 0.3) is 0 Å². The van der Waals surface area contributed by atoms with Crippen LogP contribution in [0.25, 0.3) is 11.2 Å². The Bertz CT molecular complexity index is 1260. The monoisotopic (exact) mass is 733 g/mol. The van der Waals surface area contributed by atoms with Gasteiger partial charge in [0.1, 0.15) is 23.8 Å². The number of carbonyl (C=O) groups excluding carboxylic acids is 1. The Morgan fingerprint density at radius 2 is 1.54 bits per heavy atom. The van der Waals surface area contributed by atoms with Gasteiger partial charge in [0, 0.05) is 5.75 Å². The van der Waals surface area contributed by atoms with Gasteiger partial charge in [-0.2, -0.15) is 0 Å². The van der Waals surface area contributed by atoms with Crippen LogP contribution in [0.2, 0.25) is 0 Å². The number of unbranched alkanes of at least 4 members (excludes halogenated alkanes) is 13. The van der Waals surface area contributed by atoms with Gasteiger partial charge in [-0.25, -0.2) is 19.7 Å². The van der Waals surface area contributed by atoms with Crippen LogP contribution < -0.4 is 5.73 Å². The Balaban J connectivity index is 1.70. The molecule has 0 fully saturated rings. The van der Waals surface area contributed by atoms with Gasteiger partial charge >= 0.3 is 13.8 Å². The molecule has 0 saturated heterocycles. The maximum atomic E-state index is 13.6. The summed E-state index contributed by atoms with van der Waals surface area (Å²) in [7, 11) is -4.10. The van der Waals surface area contributed by atoms with Crippen molar-refractivity contribution in [3.63, 3.8) is 0 Å². The smallest absolute Gasteiger partial charge is 0.429 e. The molecule has 15 heteroatoms. The molecule has 2 unspecified atom stereocenters. The molecular formula is C33H60N5O7PS2. The van der Waals surface area contributed by atoms with Gasteiger partial charge in [0.05, 0.1) is 25.6 Å². The summed E-state index contributed by atoms with van der Waals surface area (Å²) in [6.07, 6.45) is 19.7. The van der Waals surface area contributed by atoms with E-state index in [1.165, 1.54) is 89.8 Å². The molecule has 0 amide bonds. The summed E-state index contributed by atoms with van der Waals surface area (Å²) >= 11 is 5.68. The molecule has 276 valence electrons. The molecule has 2 N–H and O–H groups in total. The van der Waals surface area contributed by atoms with Gasteiger partial charge in [-0.1, -0.05) is 102 Å². The van der Waals surface area contributed by atoms with E-state index in [0.29, 0.717) is 23.5 Å².